The third-order valence-electron chi connectivity index (χ3n) is 4.60. The van der Waals surface area contributed by atoms with Crippen molar-refractivity contribution in [3.63, 3.8) is 0 Å². The van der Waals surface area contributed by atoms with Gasteiger partial charge in [-0.25, -0.2) is 18.6 Å². The molecule has 3 rings (SSSR count). The van der Waals surface area contributed by atoms with Crippen LogP contribution in [0.15, 0.2) is 30.3 Å². The second-order valence-electron chi connectivity index (χ2n) is 6.55. The van der Waals surface area contributed by atoms with Gasteiger partial charge in [-0.1, -0.05) is 12.8 Å². The van der Waals surface area contributed by atoms with Gasteiger partial charge in [-0.15, -0.1) is 0 Å². The molecule has 0 bridgehead atoms. The van der Waals surface area contributed by atoms with Crippen molar-refractivity contribution in [2.75, 3.05) is 10.6 Å². The summed E-state index contributed by atoms with van der Waals surface area (Å²) < 4.78 is 27.5. The van der Waals surface area contributed by atoms with Crippen LogP contribution in [0.1, 0.15) is 31.2 Å². The van der Waals surface area contributed by atoms with Crippen LogP contribution >= 0.6 is 0 Å². The average Bonchev–Trinajstić information content (AvgIpc) is 2.67. The largest absolute Gasteiger partial charge is 0.465 e. The monoisotopic (exact) mass is 387 g/mol. The molecule has 1 fully saturated rings. The molecule has 4 N–H and O–H groups in total. The minimum atomic E-state index is -1.13. The second-order valence-corrected chi connectivity index (χ2v) is 6.55. The Morgan fingerprint density at radius 2 is 1.82 bits per heavy atom. The number of benzene rings is 1. The molecule has 0 radical (unpaired) electrons. The van der Waals surface area contributed by atoms with Crippen LogP contribution in [0.2, 0.25) is 0 Å². The first-order valence-electron chi connectivity index (χ1n) is 8.85. The van der Waals surface area contributed by atoms with Crippen molar-refractivity contribution in [2.24, 2.45) is 0 Å². The molecule has 7 nitrogen and oxygen atoms in total. The van der Waals surface area contributed by atoms with Gasteiger partial charge in [0.1, 0.15) is 11.9 Å². The van der Waals surface area contributed by atoms with Crippen LogP contribution < -0.4 is 16.0 Å². The SMILES string of the molecule is N#Cc1cc(F)c(N[C@@H]2CCCC[C@@H]2NC(=O)O)nc1Nc1ccc(F)cc1. The predicted octanol–water partition coefficient (Wildman–Crippen LogP) is 3.97. The smallest absolute Gasteiger partial charge is 0.404 e. The number of rotatable bonds is 5. The van der Waals surface area contributed by atoms with Crippen molar-refractivity contribution >= 4 is 23.4 Å². The first-order valence-corrected chi connectivity index (χ1v) is 8.85. The Kier molecular flexibility index (Phi) is 5.89. The lowest BCUT2D eigenvalue weighted by molar-refractivity contribution is 0.184. The van der Waals surface area contributed by atoms with E-state index in [1.54, 1.807) is 0 Å². The number of nitriles is 1. The summed E-state index contributed by atoms with van der Waals surface area (Å²) in [6.45, 7) is 0. The Morgan fingerprint density at radius 3 is 2.46 bits per heavy atom. The molecule has 1 aromatic heterocycles. The predicted molar refractivity (Wildman–Crippen MR) is 99.4 cm³/mol. The fourth-order valence-electron chi connectivity index (χ4n) is 3.25. The van der Waals surface area contributed by atoms with Gasteiger partial charge in [0.25, 0.3) is 0 Å². The van der Waals surface area contributed by atoms with Crippen LogP contribution in [0.25, 0.3) is 0 Å². The van der Waals surface area contributed by atoms with Crippen molar-refractivity contribution in [2.45, 2.75) is 37.8 Å². The second kappa shape index (κ2) is 8.52. The van der Waals surface area contributed by atoms with E-state index in [4.69, 9.17) is 5.11 Å². The highest BCUT2D eigenvalue weighted by Gasteiger charge is 2.28. The van der Waals surface area contributed by atoms with Gasteiger partial charge in [-0.3, -0.25) is 0 Å². The molecule has 0 saturated heterocycles. The quantitative estimate of drug-likeness (QED) is 0.618. The Balaban J connectivity index is 1.85. The maximum atomic E-state index is 14.5. The molecule has 1 aliphatic rings. The highest BCUT2D eigenvalue weighted by atomic mass is 19.1. The highest BCUT2D eigenvalue weighted by Crippen LogP contribution is 2.27. The maximum absolute atomic E-state index is 14.5. The first kappa shape index (κ1) is 19.4. The zero-order valence-corrected chi connectivity index (χ0v) is 14.9. The molecule has 1 aromatic carbocycles. The molecule has 1 heterocycles. The van der Waals surface area contributed by atoms with E-state index in [0.717, 1.165) is 18.9 Å². The van der Waals surface area contributed by atoms with Gasteiger partial charge in [0.05, 0.1) is 11.6 Å². The van der Waals surface area contributed by atoms with Crippen molar-refractivity contribution in [1.82, 2.24) is 10.3 Å². The van der Waals surface area contributed by atoms with Crippen molar-refractivity contribution in [3.8, 4) is 6.07 Å². The van der Waals surface area contributed by atoms with Crippen molar-refractivity contribution in [1.29, 1.82) is 5.26 Å². The molecule has 146 valence electrons. The van der Waals surface area contributed by atoms with Crippen LogP contribution in [0.5, 0.6) is 0 Å². The van der Waals surface area contributed by atoms with E-state index in [1.165, 1.54) is 24.3 Å². The van der Waals surface area contributed by atoms with E-state index in [2.05, 4.69) is 20.9 Å². The topological polar surface area (TPSA) is 110 Å². The summed E-state index contributed by atoms with van der Waals surface area (Å²) in [5.74, 6) is -1.07. The highest BCUT2D eigenvalue weighted by molar-refractivity contribution is 5.66. The molecule has 1 aliphatic carbocycles. The number of halogens is 2. The van der Waals surface area contributed by atoms with Crippen LogP contribution in [0, 0.1) is 23.0 Å². The van der Waals surface area contributed by atoms with E-state index in [1.807, 2.05) is 6.07 Å². The number of aromatic nitrogens is 1. The molecule has 2 atom stereocenters. The molecular formula is C19H19F2N5O2. The van der Waals surface area contributed by atoms with E-state index >= 15 is 0 Å². The lowest BCUT2D eigenvalue weighted by atomic mass is 9.90. The van der Waals surface area contributed by atoms with Gasteiger partial charge in [-0.05, 0) is 43.2 Å². The van der Waals surface area contributed by atoms with Crippen LogP contribution in [-0.4, -0.2) is 28.3 Å². The summed E-state index contributed by atoms with van der Waals surface area (Å²) in [5.41, 5.74) is 0.488. The molecule has 28 heavy (non-hydrogen) atoms. The average molecular weight is 387 g/mol. The summed E-state index contributed by atoms with van der Waals surface area (Å²) in [6, 6.07) is 7.70. The zero-order valence-electron chi connectivity index (χ0n) is 14.9. The van der Waals surface area contributed by atoms with Gasteiger partial charge in [0, 0.05) is 11.7 Å². The number of hydrogen-bond acceptors (Lipinski definition) is 5. The van der Waals surface area contributed by atoms with E-state index in [-0.39, 0.29) is 29.3 Å². The third-order valence-corrected chi connectivity index (χ3v) is 4.60. The number of nitrogens with zero attached hydrogens (tertiary/aromatic N) is 2. The molecule has 2 aromatic rings. The van der Waals surface area contributed by atoms with Crippen molar-refractivity contribution < 1.29 is 18.7 Å². The summed E-state index contributed by atoms with van der Waals surface area (Å²) in [6.07, 6.45) is 1.93. The fraction of sp³-hybridized carbons (Fsp3) is 0.316. The Morgan fingerprint density at radius 1 is 1.14 bits per heavy atom. The van der Waals surface area contributed by atoms with E-state index < -0.39 is 17.7 Å². The Labute approximate surface area is 160 Å². The lowest BCUT2D eigenvalue weighted by Gasteiger charge is -2.32. The number of pyridine rings is 1. The van der Waals surface area contributed by atoms with Crippen LogP contribution in [0.4, 0.5) is 30.9 Å². The minimum Gasteiger partial charge on any atom is -0.465 e. The van der Waals surface area contributed by atoms with Gasteiger partial charge in [0.2, 0.25) is 0 Å². The number of hydrogen-bond donors (Lipinski definition) is 4. The Bertz CT molecular complexity index is 898. The fourth-order valence-corrected chi connectivity index (χ4v) is 3.25. The first-order chi connectivity index (χ1) is 13.5. The van der Waals surface area contributed by atoms with Crippen molar-refractivity contribution in [3.05, 3.63) is 47.5 Å². The summed E-state index contributed by atoms with van der Waals surface area (Å²) in [7, 11) is 0. The lowest BCUT2D eigenvalue weighted by Crippen LogP contribution is -2.48. The van der Waals surface area contributed by atoms with Gasteiger partial charge < -0.3 is 21.1 Å². The van der Waals surface area contributed by atoms with Gasteiger partial charge in [0.15, 0.2) is 17.5 Å². The summed E-state index contributed by atoms with van der Waals surface area (Å²) in [4.78, 5) is 15.2. The molecular weight excluding hydrogens is 368 g/mol. The Hall–Kier alpha value is -3.41. The molecule has 0 spiro atoms. The molecule has 0 unspecified atom stereocenters. The minimum absolute atomic E-state index is 0.00349. The number of nitrogens with one attached hydrogen (secondary N) is 3. The normalized spacial score (nSPS) is 18.8. The number of amides is 1. The van der Waals surface area contributed by atoms with E-state index in [9.17, 15) is 18.8 Å². The molecule has 0 aliphatic heterocycles. The number of carbonyl (C=O) groups is 1. The summed E-state index contributed by atoms with van der Waals surface area (Å²) in [5, 5.41) is 26.6. The number of anilines is 3. The molecule has 9 heteroatoms. The molecule has 1 amide bonds. The third kappa shape index (κ3) is 4.65. The van der Waals surface area contributed by atoms with Gasteiger partial charge >= 0.3 is 6.09 Å². The number of carboxylic acid groups (broad SMARTS) is 1. The zero-order chi connectivity index (χ0) is 20.1. The standard InChI is InChI=1S/C19H19F2N5O2/c20-12-5-7-13(8-6-12)23-17-11(10-22)9-14(21)18(26-17)24-15-3-1-2-4-16(15)25-19(27)28/h5-9,15-16,25H,1-4H2,(H,27,28)(H2,23,24,26)/t15-,16+/m1/s1. The van der Waals surface area contributed by atoms with Crippen LogP contribution in [-0.2, 0) is 0 Å². The van der Waals surface area contributed by atoms with Crippen LogP contribution in [0.3, 0.4) is 0 Å². The summed E-state index contributed by atoms with van der Waals surface area (Å²) >= 11 is 0. The van der Waals surface area contributed by atoms with Gasteiger partial charge in [-0.2, -0.15) is 5.26 Å². The van der Waals surface area contributed by atoms with E-state index in [0.29, 0.717) is 18.5 Å². The molecule has 1 saturated carbocycles. The maximum Gasteiger partial charge on any atom is 0.404 e.